The van der Waals surface area contributed by atoms with Crippen LogP contribution in [0, 0.1) is 0 Å². The molecule has 386 valence electrons. The smallest absolute Gasteiger partial charge is 0.338 e. The quantitative estimate of drug-likeness (QED) is 0.102. The Kier molecular flexibility index (Phi) is 16.4. The van der Waals surface area contributed by atoms with Gasteiger partial charge in [0.15, 0.2) is 23.0 Å². The number of likely N-dealkylation sites (tertiary alicyclic amines) is 2. The fourth-order valence-corrected chi connectivity index (χ4v) is 10.0. The summed E-state index contributed by atoms with van der Waals surface area (Å²) < 4.78 is 41.5. The van der Waals surface area contributed by atoms with E-state index in [2.05, 4.69) is 38.6 Å². The summed E-state index contributed by atoms with van der Waals surface area (Å²) in [7, 11) is 4.45. The molecule has 73 heavy (non-hydrogen) atoms. The summed E-state index contributed by atoms with van der Waals surface area (Å²) >= 11 is 0. The zero-order valence-electron chi connectivity index (χ0n) is 41.7. The van der Waals surface area contributed by atoms with Crippen molar-refractivity contribution < 1.29 is 47.9 Å². The first-order valence-corrected chi connectivity index (χ1v) is 25.0. The van der Waals surface area contributed by atoms with Crippen LogP contribution in [0.4, 0.5) is 0 Å². The van der Waals surface area contributed by atoms with Gasteiger partial charge < -0.3 is 67.8 Å². The third-order valence-corrected chi connectivity index (χ3v) is 14.1. The van der Waals surface area contributed by atoms with Crippen LogP contribution in [0.15, 0.2) is 94.5 Å². The van der Waals surface area contributed by atoms with Gasteiger partial charge in [0.1, 0.15) is 37.9 Å². The van der Waals surface area contributed by atoms with E-state index in [1.807, 2.05) is 18.2 Å². The van der Waals surface area contributed by atoms with Gasteiger partial charge in [-0.3, -0.25) is 9.59 Å². The summed E-state index contributed by atoms with van der Waals surface area (Å²) in [6.45, 7) is 10.2. The molecule has 6 aromatic rings. The van der Waals surface area contributed by atoms with E-state index in [0.717, 1.165) is 94.5 Å². The van der Waals surface area contributed by atoms with Crippen LogP contribution in [0.1, 0.15) is 57.5 Å². The molecule has 2 aromatic heterocycles. The average Bonchev–Trinajstić information content (AvgIpc) is 3.43. The molecular formula is C55H64N6O12. The number of hydrogen-bond donors (Lipinski definition) is 3. The van der Waals surface area contributed by atoms with Crippen molar-refractivity contribution in [2.24, 2.45) is 0 Å². The molecular weight excluding hydrogens is 937 g/mol. The number of benzene rings is 4. The van der Waals surface area contributed by atoms with E-state index in [-0.39, 0.29) is 22.2 Å². The van der Waals surface area contributed by atoms with Gasteiger partial charge in [0.05, 0.1) is 43.5 Å². The summed E-state index contributed by atoms with van der Waals surface area (Å²) in [5.74, 6) is 2.84. The van der Waals surface area contributed by atoms with Crippen LogP contribution in [-0.2, 0) is 30.9 Å². The fraction of sp³-hybridized carbons (Fsp3) is 0.418. The van der Waals surface area contributed by atoms with E-state index in [4.69, 9.17) is 33.2 Å². The molecule has 3 N–H and O–H groups in total. The number of aromatic carboxylic acids is 1. The van der Waals surface area contributed by atoms with Crippen molar-refractivity contribution in [2.75, 3.05) is 87.0 Å². The second-order valence-corrected chi connectivity index (χ2v) is 18.6. The Morgan fingerprint density at radius 3 is 1.40 bits per heavy atom. The van der Waals surface area contributed by atoms with E-state index in [1.165, 1.54) is 30.4 Å². The van der Waals surface area contributed by atoms with Crippen molar-refractivity contribution in [3.8, 4) is 34.5 Å². The fourth-order valence-electron chi connectivity index (χ4n) is 10.0. The van der Waals surface area contributed by atoms with Gasteiger partial charge >= 0.3 is 11.9 Å². The summed E-state index contributed by atoms with van der Waals surface area (Å²) in [6.07, 6.45) is 4.11. The number of carboxylic acids is 1. The molecule has 0 radical (unpaired) electrons. The number of carbonyl (C=O) groups excluding carboxylic acids is 1. The number of nitrogens with zero attached hydrogens (tertiary/aromatic N) is 4. The van der Waals surface area contributed by atoms with E-state index >= 15 is 0 Å². The number of hydrogen-bond acceptors (Lipinski definition) is 15. The Morgan fingerprint density at radius 1 is 0.548 bits per heavy atom. The second kappa shape index (κ2) is 23.6. The monoisotopic (exact) mass is 1000 g/mol. The van der Waals surface area contributed by atoms with Gasteiger partial charge in [0.2, 0.25) is 0 Å². The number of pyridine rings is 2. The molecule has 18 heteroatoms. The molecule has 0 amide bonds. The second-order valence-electron chi connectivity index (χ2n) is 18.6. The van der Waals surface area contributed by atoms with Crippen LogP contribution < -0.4 is 50.2 Å². The van der Waals surface area contributed by atoms with Gasteiger partial charge in [-0.05, 0) is 112 Å². The molecule has 0 atom stereocenters. The van der Waals surface area contributed by atoms with Crippen molar-refractivity contribution in [3.05, 3.63) is 128 Å². The van der Waals surface area contributed by atoms with Crippen molar-refractivity contribution >= 4 is 33.7 Å². The predicted octanol–water partition coefficient (Wildman–Crippen LogP) is 5.56. The lowest BCUT2D eigenvalue weighted by atomic mass is 10.0. The summed E-state index contributed by atoms with van der Waals surface area (Å²) in [4.78, 5) is 54.5. The van der Waals surface area contributed by atoms with E-state index < -0.39 is 11.9 Å². The molecule has 0 aliphatic carbocycles. The third kappa shape index (κ3) is 12.2. The Hall–Kier alpha value is -7.12. The van der Waals surface area contributed by atoms with Crippen molar-refractivity contribution in [1.82, 2.24) is 29.6 Å². The molecule has 4 aliphatic rings. The van der Waals surface area contributed by atoms with Crippen LogP contribution in [0.3, 0.4) is 0 Å². The summed E-state index contributed by atoms with van der Waals surface area (Å²) in [6, 6.07) is 26.2. The lowest BCUT2D eigenvalue weighted by molar-refractivity contribution is 0.0601. The number of ether oxygens (including phenoxy) is 7. The highest BCUT2D eigenvalue weighted by Crippen LogP contribution is 2.32. The first kappa shape index (κ1) is 50.8. The highest BCUT2D eigenvalue weighted by molar-refractivity contribution is 6.04. The number of rotatable bonds is 16. The Bertz CT molecular complexity index is 3050. The van der Waals surface area contributed by atoms with Gasteiger partial charge in [0, 0.05) is 86.4 Å². The number of carboxylic acid groups (broad SMARTS) is 1. The molecule has 10 rings (SSSR count). The number of fused-ring (bicyclic) bond motifs is 4. The summed E-state index contributed by atoms with van der Waals surface area (Å²) in [5.41, 5.74) is 3.35. The van der Waals surface area contributed by atoms with Gasteiger partial charge in [-0.25, -0.2) is 9.59 Å². The molecule has 0 saturated carbocycles. The van der Waals surface area contributed by atoms with Crippen molar-refractivity contribution in [3.63, 3.8) is 0 Å². The van der Waals surface area contributed by atoms with Gasteiger partial charge in [0.25, 0.3) is 11.1 Å². The average molecular weight is 1000 g/mol. The minimum Gasteiger partial charge on any atom is -0.497 e. The van der Waals surface area contributed by atoms with Gasteiger partial charge in [-0.2, -0.15) is 0 Å². The molecule has 4 aliphatic heterocycles. The lowest BCUT2D eigenvalue weighted by Gasteiger charge is -2.32. The Balaban J connectivity index is 0.000000180. The molecule has 18 nitrogen and oxygen atoms in total. The number of aromatic nitrogens is 2. The summed E-state index contributed by atoms with van der Waals surface area (Å²) in [5, 5.41) is 18.1. The van der Waals surface area contributed by atoms with Gasteiger partial charge in [-0.15, -0.1) is 0 Å². The number of esters is 1. The first-order valence-electron chi connectivity index (χ1n) is 25.0. The molecule has 6 heterocycles. The van der Waals surface area contributed by atoms with E-state index in [9.17, 15) is 24.3 Å². The van der Waals surface area contributed by atoms with Crippen molar-refractivity contribution in [1.29, 1.82) is 0 Å². The number of piperidine rings is 2. The maximum atomic E-state index is 13.0. The van der Waals surface area contributed by atoms with Crippen LogP contribution >= 0.6 is 0 Å². The largest absolute Gasteiger partial charge is 0.497 e. The maximum Gasteiger partial charge on any atom is 0.338 e. The van der Waals surface area contributed by atoms with Crippen LogP contribution in [-0.4, -0.2) is 135 Å². The maximum absolute atomic E-state index is 13.0. The van der Waals surface area contributed by atoms with Crippen molar-refractivity contribution in [2.45, 2.75) is 63.9 Å². The van der Waals surface area contributed by atoms with Gasteiger partial charge in [-0.1, -0.05) is 12.1 Å². The molecule has 0 bridgehead atoms. The van der Waals surface area contributed by atoms with Crippen LogP contribution in [0.25, 0.3) is 21.8 Å². The molecule has 2 saturated heterocycles. The number of nitrogens with one attached hydrogen (secondary N) is 2. The SMILES string of the molecule is COC(=O)c1cc(=O)n(CCN2CCC(NCc3ccc4c(c3)OCCO4)CC2)c2cc(OC)ccc12.COc1ccc2c(C(=O)O)cc(=O)n(CCN3CCC(NCc4ccc5c(c4)OCCO5)CC3)c2c1. The highest BCUT2D eigenvalue weighted by Gasteiger charge is 2.23. The molecule has 2 fully saturated rings. The number of carbonyl (C=O) groups is 2. The van der Waals surface area contributed by atoms with E-state index in [0.29, 0.717) is 91.5 Å². The Morgan fingerprint density at radius 2 is 0.973 bits per heavy atom. The minimum absolute atomic E-state index is 0.0128. The molecule has 0 spiro atoms. The third-order valence-electron chi connectivity index (χ3n) is 14.1. The minimum atomic E-state index is -1.11. The molecule has 4 aromatic carbocycles. The zero-order chi connectivity index (χ0) is 50.8. The van der Waals surface area contributed by atoms with Crippen LogP contribution in [0.5, 0.6) is 34.5 Å². The topological polar surface area (TPSA) is 194 Å². The van der Waals surface area contributed by atoms with E-state index in [1.54, 1.807) is 59.8 Å². The predicted molar refractivity (Wildman–Crippen MR) is 275 cm³/mol. The lowest BCUT2D eigenvalue weighted by Crippen LogP contribution is -2.43. The highest BCUT2D eigenvalue weighted by atomic mass is 16.6. The standard InChI is InChI=1S/C28H33N3O6.C27H31N3O6/c1-34-21-4-5-22-23(28(33)35-2)17-27(32)31(24(22)16-21)12-11-30-9-7-20(8-10-30)29-18-19-3-6-25-26(15-19)37-14-13-36-25;1-34-20-3-4-21-22(27(32)33)16-26(31)30(23(21)15-20)11-10-29-8-6-19(7-9-29)28-17-18-2-5-24-25(14-18)36-13-12-35-24/h3-6,15-17,20,29H,7-14,18H2,1-2H3;2-5,14-16,19,28H,6-13,17H2,1H3,(H,32,33). The first-order chi connectivity index (χ1) is 35.6. The molecule has 0 unspecified atom stereocenters. The number of methoxy groups -OCH3 is 3. The normalized spacial score (nSPS) is 16.2. The van der Waals surface area contributed by atoms with Crippen LogP contribution in [0.2, 0.25) is 0 Å². The zero-order valence-corrected chi connectivity index (χ0v) is 41.7. The Labute approximate surface area is 423 Å².